The third kappa shape index (κ3) is 4.31. The minimum Gasteiger partial charge on any atom is -0.507 e. The molecule has 0 spiro atoms. The molecule has 1 atom stereocenters. The number of fused-ring (bicyclic) bond motifs is 1. The summed E-state index contributed by atoms with van der Waals surface area (Å²) in [7, 11) is 0. The maximum absolute atomic E-state index is 13.4. The van der Waals surface area contributed by atoms with Gasteiger partial charge in [0.1, 0.15) is 11.5 Å². The molecule has 2 heterocycles. The lowest BCUT2D eigenvalue weighted by Gasteiger charge is -2.22. The van der Waals surface area contributed by atoms with E-state index in [9.17, 15) is 24.8 Å². The van der Waals surface area contributed by atoms with Crippen LogP contribution in [0.2, 0.25) is 0 Å². The summed E-state index contributed by atoms with van der Waals surface area (Å²) >= 11 is 1.23. The summed E-state index contributed by atoms with van der Waals surface area (Å²) in [6.45, 7) is 4.16. The summed E-state index contributed by atoms with van der Waals surface area (Å²) < 4.78 is 6.33. The fourth-order valence-electron chi connectivity index (χ4n) is 4.33. The number of carbonyl (C=O) groups excluding carboxylic acids is 2. The zero-order valence-electron chi connectivity index (χ0n) is 19.9. The van der Waals surface area contributed by atoms with Crippen molar-refractivity contribution in [1.29, 1.82) is 0 Å². The smallest absolute Gasteiger partial charge is 0.301 e. The molecule has 37 heavy (non-hydrogen) atoms. The molecule has 0 saturated carbocycles. The number of aliphatic hydroxyl groups excluding tert-OH is 1. The van der Waals surface area contributed by atoms with Gasteiger partial charge in [-0.2, -0.15) is 0 Å². The Balaban J connectivity index is 1.73. The number of amides is 1. The molecule has 10 heteroatoms. The first-order chi connectivity index (χ1) is 17.8. The minimum atomic E-state index is -1.13. The van der Waals surface area contributed by atoms with E-state index in [0.29, 0.717) is 23.4 Å². The van der Waals surface area contributed by atoms with E-state index in [1.807, 2.05) is 32.0 Å². The summed E-state index contributed by atoms with van der Waals surface area (Å²) in [4.78, 5) is 43.5. The van der Waals surface area contributed by atoms with Crippen LogP contribution >= 0.6 is 11.3 Å². The summed E-state index contributed by atoms with van der Waals surface area (Å²) in [5.41, 5.74) is 1.84. The highest BCUT2D eigenvalue weighted by molar-refractivity contribution is 7.22. The number of nitro groups is 1. The van der Waals surface area contributed by atoms with Gasteiger partial charge in [-0.25, -0.2) is 4.98 Å². The molecule has 0 bridgehead atoms. The maximum Gasteiger partial charge on any atom is 0.301 e. The van der Waals surface area contributed by atoms with Crippen molar-refractivity contribution in [2.45, 2.75) is 19.9 Å². The van der Waals surface area contributed by atoms with E-state index in [1.165, 1.54) is 34.4 Å². The van der Waals surface area contributed by atoms with Gasteiger partial charge in [-0.05, 0) is 49.2 Å². The molecule has 1 aliphatic heterocycles. The van der Waals surface area contributed by atoms with Crippen LogP contribution in [-0.4, -0.2) is 33.3 Å². The first-order valence-corrected chi connectivity index (χ1v) is 12.3. The minimum absolute atomic E-state index is 0.186. The number of aryl methyl sites for hydroxylation is 1. The molecule has 1 N–H and O–H groups in total. The Labute approximate surface area is 215 Å². The second kappa shape index (κ2) is 9.47. The second-order valence-electron chi connectivity index (χ2n) is 8.45. The normalized spacial score (nSPS) is 16.9. The number of carbonyl (C=O) groups is 2. The van der Waals surface area contributed by atoms with Crippen LogP contribution in [0.25, 0.3) is 16.0 Å². The highest BCUT2D eigenvalue weighted by Gasteiger charge is 2.48. The maximum atomic E-state index is 13.4. The van der Waals surface area contributed by atoms with Crippen molar-refractivity contribution >= 4 is 49.8 Å². The van der Waals surface area contributed by atoms with Crippen LogP contribution in [0.15, 0.2) is 72.3 Å². The van der Waals surface area contributed by atoms with Crippen molar-refractivity contribution in [2.24, 2.45) is 0 Å². The molecular formula is C27H21N3O6S. The van der Waals surface area contributed by atoms with Gasteiger partial charge in [-0.1, -0.05) is 41.7 Å². The number of nitro benzene ring substituents is 1. The van der Waals surface area contributed by atoms with Crippen LogP contribution < -0.4 is 9.64 Å². The van der Waals surface area contributed by atoms with E-state index in [1.54, 1.807) is 30.3 Å². The molecule has 1 fully saturated rings. The Morgan fingerprint density at radius 2 is 1.92 bits per heavy atom. The molecule has 1 unspecified atom stereocenters. The van der Waals surface area contributed by atoms with Gasteiger partial charge >= 0.3 is 5.91 Å². The molecule has 186 valence electrons. The number of anilines is 1. The lowest BCUT2D eigenvalue weighted by atomic mass is 9.95. The number of non-ortho nitro benzene ring substituents is 1. The topological polar surface area (TPSA) is 123 Å². The summed E-state index contributed by atoms with van der Waals surface area (Å²) in [5.74, 6) is -1.72. The fourth-order valence-corrected chi connectivity index (χ4v) is 5.42. The van der Waals surface area contributed by atoms with Crippen molar-refractivity contribution in [3.05, 3.63) is 99.1 Å². The Bertz CT molecular complexity index is 1610. The number of nitrogens with zero attached hydrogens (tertiary/aromatic N) is 3. The van der Waals surface area contributed by atoms with Crippen molar-refractivity contribution in [2.75, 3.05) is 11.5 Å². The summed E-state index contributed by atoms with van der Waals surface area (Å²) in [6.07, 6.45) is 0. The third-order valence-electron chi connectivity index (χ3n) is 6.00. The van der Waals surface area contributed by atoms with Gasteiger partial charge in [-0.3, -0.25) is 24.6 Å². The fraction of sp³-hybridized carbons (Fsp3) is 0.148. The molecule has 5 rings (SSSR count). The van der Waals surface area contributed by atoms with Crippen LogP contribution in [0.5, 0.6) is 5.75 Å². The standard InChI is InChI=1S/C27H21N3O6S/c1-3-36-19-9-5-7-17(14-19)24(31)22-23(16-6-4-8-18(13-16)30(34)35)29(26(33)25(22)32)27-28-20-11-10-15(2)12-21(20)37-27/h4-14,23,31H,3H2,1-2H3/b24-22+. The van der Waals surface area contributed by atoms with Crippen molar-refractivity contribution in [3.8, 4) is 5.75 Å². The molecule has 0 aliphatic carbocycles. The number of aliphatic hydroxyl groups is 1. The van der Waals surface area contributed by atoms with Gasteiger partial charge in [0, 0.05) is 17.7 Å². The molecule has 0 radical (unpaired) electrons. The Morgan fingerprint density at radius 3 is 2.68 bits per heavy atom. The van der Waals surface area contributed by atoms with Crippen molar-refractivity contribution in [3.63, 3.8) is 0 Å². The summed E-state index contributed by atoms with van der Waals surface area (Å²) in [6, 6.07) is 16.7. The number of thiazole rings is 1. The van der Waals surface area contributed by atoms with Crippen molar-refractivity contribution in [1.82, 2.24) is 4.98 Å². The first-order valence-electron chi connectivity index (χ1n) is 11.4. The van der Waals surface area contributed by atoms with Gasteiger partial charge in [0.25, 0.3) is 11.5 Å². The van der Waals surface area contributed by atoms with E-state index >= 15 is 0 Å². The molecule has 1 saturated heterocycles. The number of ether oxygens (including phenoxy) is 1. The molecule has 9 nitrogen and oxygen atoms in total. The largest absolute Gasteiger partial charge is 0.507 e. The highest BCUT2D eigenvalue weighted by atomic mass is 32.1. The van der Waals surface area contributed by atoms with E-state index in [-0.39, 0.29) is 22.0 Å². The lowest BCUT2D eigenvalue weighted by Crippen LogP contribution is -2.29. The van der Waals surface area contributed by atoms with Crippen LogP contribution in [0.4, 0.5) is 10.8 Å². The van der Waals surface area contributed by atoms with Gasteiger partial charge in [0.15, 0.2) is 5.13 Å². The third-order valence-corrected chi connectivity index (χ3v) is 7.02. The van der Waals surface area contributed by atoms with Gasteiger partial charge in [-0.15, -0.1) is 0 Å². The van der Waals surface area contributed by atoms with Crippen LogP contribution in [0.3, 0.4) is 0 Å². The number of aromatic nitrogens is 1. The molecular weight excluding hydrogens is 494 g/mol. The van der Waals surface area contributed by atoms with E-state index in [2.05, 4.69) is 4.98 Å². The number of rotatable bonds is 6. The van der Waals surface area contributed by atoms with Crippen LogP contribution in [0, 0.1) is 17.0 Å². The average molecular weight is 516 g/mol. The Hall–Kier alpha value is -4.57. The molecule has 1 aliphatic rings. The molecule has 3 aromatic carbocycles. The predicted octanol–water partition coefficient (Wildman–Crippen LogP) is 5.54. The lowest BCUT2D eigenvalue weighted by molar-refractivity contribution is -0.384. The average Bonchev–Trinajstić information content (AvgIpc) is 3.41. The quantitative estimate of drug-likeness (QED) is 0.118. The van der Waals surface area contributed by atoms with Gasteiger partial charge in [0.05, 0.1) is 33.4 Å². The van der Waals surface area contributed by atoms with Gasteiger partial charge < -0.3 is 9.84 Å². The zero-order valence-corrected chi connectivity index (χ0v) is 20.7. The Kier molecular flexibility index (Phi) is 6.18. The van der Waals surface area contributed by atoms with Crippen LogP contribution in [0.1, 0.15) is 29.7 Å². The van der Waals surface area contributed by atoms with E-state index in [4.69, 9.17) is 4.74 Å². The SMILES string of the molecule is CCOc1cccc(/C(O)=C2\C(=O)C(=O)N(c3nc4ccc(C)cc4s3)C2c2cccc([N+](=O)[O-])c2)c1. The first kappa shape index (κ1) is 24.1. The van der Waals surface area contributed by atoms with Crippen molar-refractivity contribution < 1.29 is 24.4 Å². The molecule has 4 aromatic rings. The van der Waals surface area contributed by atoms with Crippen LogP contribution in [-0.2, 0) is 9.59 Å². The number of Topliss-reactive ketones (excluding diaryl/α,β-unsaturated/α-hetero) is 1. The van der Waals surface area contributed by atoms with E-state index in [0.717, 1.165) is 10.3 Å². The molecule has 1 amide bonds. The van der Waals surface area contributed by atoms with Gasteiger partial charge in [0.2, 0.25) is 0 Å². The number of ketones is 1. The predicted molar refractivity (Wildman–Crippen MR) is 140 cm³/mol. The second-order valence-corrected chi connectivity index (χ2v) is 9.46. The number of hydrogen-bond acceptors (Lipinski definition) is 8. The van der Waals surface area contributed by atoms with E-state index < -0.39 is 28.4 Å². The Morgan fingerprint density at radius 1 is 1.14 bits per heavy atom. The number of hydrogen-bond donors (Lipinski definition) is 1. The highest BCUT2D eigenvalue weighted by Crippen LogP contribution is 2.45. The summed E-state index contributed by atoms with van der Waals surface area (Å²) in [5, 5.41) is 23.1. The number of benzene rings is 3. The zero-order chi connectivity index (χ0) is 26.3. The monoisotopic (exact) mass is 515 g/mol. The molecule has 1 aromatic heterocycles.